The minimum atomic E-state index is -0.0971. The molecule has 2 heterocycles. The molecule has 0 spiro atoms. The highest BCUT2D eigenvalue weighted by atomic mass is 16.5. The van der Waals surface area contributed by atoms with Crippen LogP contribution in [0.5, 0.6) is 0 Å². The number of piperazine rings is 1. The number of ether oxygens (including phenoxy) is 1. The van der Waals surface area contributed by atoms with Gasteiger partial charge in [-0.2, -0.15) is 0 Å². The molecule has 5 nitrogen and oxygen atoms in total. The van der Waals surface area contributed by atoms with Crippen molar-refractivity contribution in [3.05, 3.63) is 0 Å². The van der Waals surface area contributed by atoms with Gasteiger partial charge in [-0.25, -0.2) is 10.0 Å². The molecule has 1 unspecified atom stereocenters. The molecule has 0 saturated carbocycles. The summed E-state index contributed by atoms with van der Waals surface area (Å²) in [6, 6.07) is -0.0293. The first kappa shape index (κ1) is 10.9. The van der Waals surface area contributed by atoms with Crippen molar-refractivity contribution in [1.82, 2.24) is 14.9 Å². The van der Waals surface area contributed by atoms with Gasteiger partial charge in [-0.15, -0.1) is 0 Å². The smallest absolute Gasteiger partial charge is 0.324 e. The zero-order chi connectivity index (χ0) is 10.8. The summed E-state index contributed by atoms with van der Waals surface area (Å²) >= 11 is 0. The summed E-state index contributed by atoms with van der Waals surface area (Å²) in [7, 11) is 3.59. The van der Waals surface area contributed by atoms with E-state index < -0.39 is 0 Å². The number of carbonyl (C=O) groups excluding carboxylic acids is 1. The maximum Gasteiger partial charge on any atom is 0.324 e. The van der Waals surface area contributed by atoms with Crippen LogP contribution in [0.2, 0.25) is 0 Å². The van der Waals surface area contributed by atoms with Gasteiger partial charge in [0.2, 0.25) is 0 Å². The Hall–Kier alpha value is -0.650. The van der Waals surface area contributed by atoms with Gasteiger partial charge in [-0.1, -0.05) is 0 Å². The lowest BCUT2D eigenvalue weighted by molar-refractivity contribution is -0.177. The molecule has 2 rings (SSSR count). The van der Waals surface area contributed by atoms with Crippen LogP contribution in [0.25, 0.3) is 0 Å². The van der Waals surface area contributed by atoms with E-state index in [9.17, 15) is 4.79 Å². The quantitative estimate of drug-likeness (QED) is 0.572. The third-order valence-electron chi connectivity index (χ3n) is 3.31. The summed E-state index contributed by atoms with van der Waals surface area (Å²) in [4.78, 5) is 13.7. The van der Waals surface area contributed by atoms with Crippen molar-refractivity contribution in [2.24, 2.45) is 0 Å². The molecule has 0 N–H and O–H groups in total. The molecule has 0 aliphatic carbocycles. The SMILES string of the molecule is COC(=O)C1CCN1N1CCN(C)CC1. The van der Waals surface area contributed by atoms with Gasteiger partial charge in [0.15, 0.2) is 0 Å². The summed E-state index contributed by atoms with van der Waals surface area (Å²) in [5.41, 5.74) is 0. The molecular formula is C10H19N3O2. The van der Waals surface area contributed by atoms with Crippen LogP contribution < -0.4 is 0 Å². The van der Waals surface area contributed by atoms with Crippen LogP contribution in [0.1, 0.15) is 6.42 Å². The molecule has 0 aromatic rings. The van der Waals surface area contributed by atoms with Crippen molar-refractivity contribution in [1.29, 1.82) is 0 Å². The number of rotatable bonds is 2. The molecule has 0 radical (unpaired) electrons. The third kappa shape index (κ3) is 2.14. The lowest BCUT2D eigenvalue weighted by Gasteiger charge is -2.48. The zero-order valence-electron chi connectivity index (χ0n) is 9.48. The number of hydrazine groups is 1. The van der Waals surface area contributed by atoms with Crippen molar-refractivity contribution >= 4 is 5.97 Å². The zero-order valence-corrected chi connectivity index (χ0v) is 9.48. The average molecular weight is 213 g/mol. The second-order valence-electron chi connectivity index (χ2n) is 4.25. The van der Waals surface area contributed by atoms with Crippen LogP contribution in [0.15, 0.2) is 0 Å². The minimum absolute atomic E-state index is 0.0293. The average Bonchev–Trinajstić information content (AvgIpc) is 2.19. The molecule has 0 aromatic carbocycles. The van der Waals surface area contributed by atoms with Crippen LogP contribution in [-0.2, 0) is 9.53 Å². The fourth-order valence-corrected chi connectivity index (χ4v) is 2.14. The Bertz CT molecular complexity index is 239. The summed E-state index contributed by atoms with van der Waals surface area (Å²) < 4.78 is 4.78. The van der Waals surface area contributed by atoms with E-state index in [-0.39, 0.29) is 12.0 Å². The predicted octanol–water partition coefficient (Wildman–Crippen LogP) is -0.604. The van der Waals surface area contributed by atoms with Crippen molar-refractivity contribution in [2.45, 2.75) is 12.5 Å². The van der Waals surface area contributed by atoms with Gasteiger partial charge >= 0.3 is 5.97 Å². The van der Waals surface area contributed by atoms with Gasteiger partial charge in [0.25, 0.3) is 0 Å². The number of likely N-dealkylation sites (N-methyl/N-ethyl adjacent to an activating group) is 1. The predicted molar refractivity (Wildman–Crippen MR) is 56.2 cm³/mol. The van der Waals surface area contributed by atoms with Crippen molar-refractivity contribution in [3.8, 4) is 0 Å². The topological polar surface area (TPSA) is 36.0 Å². The number of nitrogens with zero attached hydrogens (tertiary/aromatic N) is 3. The standard InChI is InChI=1S/C10H19N3O2/c1-11-5-7-12(8-6-11)13-4-3-9(13)10(14)15-2/h9H,3-8H2,1-2H3. The highest BCUT2D eigenvalue weighted by Gasteiger charge is 2.39. The van der Waals surface area contributed by atoms with Gasteiger partial charge in [-0.05, 0) is 13.5 Å². The van der Waals surface area contributed by atoms with E-state index in [0.717, 1.165) is 39.1 Å². The molecule has 2 aliphatic rings. The second kappa shape index (κ2) is 4.47. The molecule has 0 aromatic heterocycles. The Labute approximate surface area is 90.5 Å². The van der Waals surface area contributed by atoms with E-state index in [1.165, 1.54) is 7.11 Å². The van der Waals surface area contributed by atoms with E-state index in [4.69, 9.17) is 4.74 Å². The number of methoxy groups -OCH3 is 1. The molecule has 0 bridgehead atoms. The van der Waals surface area contributed by atoms with Crippen molar-refractivity contribution in [3.63, 3.8) is 0 Å². The number of hydrogen-bond acceptors (Lipinski definition) is 5. The van der Waals surface area contributed by atoms with E-state index in [1.807, 2.05) is 0 Å². The lowest BCUT2D eigenvalue weighted by Crippen LogP contribution is -2.64. The molecule has 2 saturated heterocycles. The number of esters is 1. The monoisotopic (exact) mass is 213 g/mol. The molecule has 2 fully saturated rings. The molecule has 0 amide bonds. The van der Waals surface area contributed by atoms with Gasteiger partial charge < -0.3 is 9.64 Å². The molecule has 1 atom stereocenters. The molecule has 86 valence electrons. The summed E-state index contributed by atoms with van der Waals surface area (Å²) in [6.07, 6.45) is 0.930. The van der Waals surface area contributed by atoms with E-state index in [0.29, 0.717) is 0 Å². The Morgan fingerprint density at radius 2 is 1.87 bits per heavy atom. The van der Waals surface area contributed by atoms with E-state index >= 15 is 0 Å². The van der Waals surface area contributed by atoms with Crippen molar-refractivity contribution < 1.29 is 9.53 Å². The minimum Gasteiger partial charge on any atom is -0.468 e. The Kier molecular flexibility index (Phi) is 3.23. The largest absolute Gasteiger partial charge is 0.468 e. The Morgan fingerprint density at radius 3 is 2.33 bits per heavy atom. The van der Waals surface area contributed by atoms with Crippen molar-refractivity contribution in [2.75, 3.05) is 46.9 Å². The van der Waals surface area contributed by atoms with Gasteiger partial charge in [0, 0.05) is 32.7 Å². The van der Waals surface area contributed by atoms with Gasteiger partial charge in [-0.3, -0.25) is 4.79 Å². The van der Waals surface area contributed by atoms with Crippen LogP contribution in [0.3, 0.4) is 0 Å². The van der Waals surface area contributed by atoms with E-state index in [2.05, 4.69) is 22.0 Å². The molecule has 15 heavy (non-hydrogen) atoms. The van der Waals surface area contributed by atoms with Crippen LogP contribution in [0, 0.1) is 0 Å². The highest BCUT2D eigenvalue weighted by Crippen LogP contribution is 2.21. The summed E-state index contributed by atoms with van der Waals surface area (Å²) in [6.45, 7) is 5.17. The lowest BCUT2D eigenvalue weighted by atomic mass is 10.1. The Balaban J connectivity index is 1.86. The fraction of sp³-hybridized carbons (Fsp3) is 0.900. The normalized spacial score (nSPS) is 29.9. The maximum absolute atomic E-state index is 11.4. The van der Waals surface area contributed by atoms with Crippen LogP contribution in [0.4, 0.5) is 0 Å². The maximum atomic E-state index is 11.4. The summed E-state index contributed by atoms with van der Waals surface area (Å²) in [5, 5.41) is 4.43. The van der Waals surface area contributed by atoms with Gasteiger partial charge in [0.05, 0.1) is 7.11 Å². The van der Waals surface area contributed by atoms with E-state index in [1.54, 1.807) is 0 Å². The highest BCUT2D eigenvalue weighted by molar-refractivity contribution is 5.76. The molecule has 2 aliphatic heterocycles. The summed E-state index contributed by atoms with van der Waals surface area (Å²) in [5.74, 6) is -0.0971. The first-order valence-electron chi connectivity index (χ1n) is 5.50. The number of hydrogen-bond donors (Lipinski definition) is 0. The molecule has 5 heteroatoms. The molecular weight excluding hydrogens is 194 g/mol. The van der Waals surface area contributed by atoms with Gasteiger partial charge in [0.1, 0.15) is 6.04 Å². The third-order valence-corrected chi connectivity index (χ3v) is 3.31. The second-order valence-corrected chi connectivity index (χ2v) is 4.25. The fourth-order valence-electron chi connectivity index (χ4n) is 2.14. The Morgan fingerprint density at radius 1 is 1.20 bits per heavy atom. The first-order valence-corrected chi connectivity index (χ1v) is 5.50. The van der Waals surface area contributed by atoms with Crippen LogP contribution >= 0.6 is 0 Å². The first-order chi connectivity index (χ1) is 7.22. The number of carbonyl (C=O) groups is 1. The van der Waals surface area contributed by atoms with Crippen LogP contribution in [-0.4, -0.2) is 73.8 Å².